The predicted molar refractivity (Wildman–Crippen MR) is 68.6 cm³/mol. The van der Waals surface area contributed by atoms with Crippen LogP contribution in [0.1, 0.15) is 31.9 Å². The van der Waals surface area contributed by atoms with Crippen LogP contribution in [0.15, 0.2) is 36.5 Å². The number of aliphatic hydroxyl groups is 1. The molecule has 0 amide bonds. The highest BCUT2D eigenvalue weighted by Gasteiger charge is 2.50. The Morgan fingerprint density at radius 1 is 1.35 bits per heavy atom. The summed E-state index contributed by atoms with van der Waals surface area (Å²) in [5, 5.41) is 11.5. The number of hydrogen-bond acceptors (Lipinski definition) is 2. The van der Waals surface area contributed by atoms with Crippen molar-refractivity contribution in [1.29, 1.82) is 0 Å². The second-order valence-corrected chi connectivity index (χ2v) is 5.70. The van der Waals surface area contributed by atoms with Crippen molar-refractivity contribution in [3.8, 4) is 0 Å². The van der Waals surface area contributed by atoms with Crippen LogP contribution in [0.25, 0.3) is 10.9 Å². The van der Waals surface area contributed by atoms with Crippen LogP contribution in [0, 0.1) is 11.3 Å². The highest BCUT2D eigenvalue weighted by Crippen LogP contribution is 2.57. The number of pyridine rings is 1. The number of benzene rings is 1. The van der Waals surface area contributed by atoms with E-state index in [1.54, 1.807) is 6.20 Å². The Kier molecular flexibility index (Phi) is 2.23. The van der Waals surface area contributed by atoms with E-state index in [-0.39, 0.29) is 6.10 Å². The van der Waals surface area contributed by atoms with Crippen LogP contribution in [0.5, 0.6) is 0 Å². The number of aromatic nitrogens is 1. The lowest BCUT2D eigenvalue weighted by molar-refractivity contribution is 0.138. The minimum absolute atomic E-state index is 0.290. The van der Waals surface area contributed by atoms with E-state index >= 15 is 0 Å². The van der Waals surface area contributed by atoms with Gasteiger partial charge >= 0.3 is 0 Å². The highest BCUT2D eigenvalue weighted by molar-refractivity contribution is 5.78. The van der Waals surface area contributed by atoms with Crippen LogP contribution in [0.4, 0.5) is 0 Å². The smallest absolute Gasteiger partial charge is 0.0824 e. The lowest BCUT2D eigenvalue weighted by Gasteiger charge is -2.13. The fourth-order valence-electron chi connectivity index (χ4n) is 2.55. The highest BCUT2D eigenvalue weighted by atomic mass is 16.3. The normalized spacial score (nSPS) is 23.6. The molecule has 1 aliphatic carbocycles. The molecule has 0 aliphatic heterocycles. The minimum Gasteiger partial charge on any atom is -0.388 e. The number of rotatable bonds is 2. The van der Waals surface area contributed by atoms with Gasteiger partial charge in [0.25, 0.3) is 0 Å². The second-order valence-electron chi connectivity index (χ2n) is 5.70. The van der Waals surface area contributed by atoms with Crippen molar-refractivity contribution in [3.05, 3.63) is 42.1 Å². The molecule has 0 spiro atoms. The molecule has 88 valence electrons. The van der Waals surface area contributed by atoms with Crippen LogP contribution in [0.2, 0.25) is 0 Å². The topological polar surface area (TPSA) is 33.1 Å². The molecule has 1 saturated carbocycles. The van der Waals surface area contributed by atoms with Crippen molar-refractivity contribution in [1.82, 2.24) is 4.98 Å². The van der Waals surface area contributed by atoms with Crippen molar-refractivity contribution in [2.24, 2.45) is 11.3 Å². The van der Waals surface area contributed by atoms with Gasteiger partial charge in [0, 0.05) is 11.6 Å². The first-order valence-electron chi connectivity index (χ1n) is 6.11. The maximum atomic E-state index is 10.3. The first-order chi connectivity index (χ1) is 8.08. The molecule has 2 nitrogen and oxygen atoms in total. The molecule has 1 heterocycles. The summed E-state index contributed by atoms with van der Waals surface area (Å²) in [5.41, 5.74) is 2.24. The SMILES string of the molecule is CC1(C)CC1C(O)c1ccc2cccnc2c1. The maximum absolute atomic E-state index is 10.3. The Morgan fingerprint density at radius 2 is 2.12 bits per heavy atom. The number of hydrogen-bond donors (Lipinski definition) is 1. The molecule has 1 aromatic heterocycles. The fraction of sp³-hybridized carbons (Fsp3) is 0.400. The quantitative estimate of drug-likeness (QED) is 0.853. The summed E-state index contributed by atoms with van der Waals surface area (Å²) in [6.07, 6.45) is 2.55. The minimum atomic E-state index is -0.351. The first-order valence-corrected chi connectivity index (χ1v) is 6.11. The molecular formula is C15H17NO. The van der Waals surface area contributed by atoms with Crippen LogP contribution in [0.3, 0.4) is 0 Å². The summed E-state index contributed by atoms with van der Waals surface area (Å²) in [6, 6.07) is 10.0. The summed E-state index contributed by atoms with van der Waals surface area (Å²) in [4.78, 5) is 4.33. The zero-order valence-electron chi connectivity index (χ0n) is 10.2. The van der Waals surface area contributed by atoms with E-state index in [9.17, 15) is 5.11 Å². The molecule has 0 bridgehead atoms. The summed E-state index contributed by atoms with van der Waals surface area (Å²) in [5.74, 6) is 0.392. The third-order valence-electron chi connectivity index (χ3n) is 3.94. The van der Waals surface area contributed by atoms with Gasteiger partial charge in [-0.25, -0.2) is 0 Å². The van der Waals surface area contributed by atoms with Crippen molar-refractivity contribution in [2.75, 3.05) is 0 Å². The van der Waals surface area contributed by atoms with Gasteiger partial charge in [-0.05, 0) is 35.4 Å². The van der Waals surface area contributed by atoms with Gasteiger partial charge in [0.05, 0.1) is 11.6 Å². The second kappa shape index (κ2) is 3.54. The molecule has 2 unspecified atom stereocenters. The van der Waals surface area contributed by atoms with Gasteiger partial charge in [0.2, 0.25) is 0 Å². The molecule has 0 radical (unpaired) electrons. The molecule has 1 aliphatic rings. The van der Waals surface area contributed by atoms with Gasteiger partial charge in [-0.2, -0.15) is 0 Å². The van der Waals surface area contributed by atoms with Crippen LogP contribution in [-0.2, 0) is 0 Å². The standard InChI is InChI=1S/C15H17NO/c1-15(2)9-12(15)14(17)11-6-5-10-4-3-7-16-13(10)8-11/h3-8,12,14,17H,9H2,1-2H3. The largest absolute Gasteiger partial charge is 0.388 e. The van der Waals surface area contributed by atoms with Crippen molar-refractivity contribution in [3.63, 3.8) is 0 Å². The van der Waals surface area contributed by atoms with Crippen LogP contribution < -0.4 is 0 Å². The van der Waals surface area contributed by atoms with E-state index in [0.29, 0.717) is 11.3 Å². The fourth-order valence-corrected chi connectivity index (χ4v) is 2.55. The third kappa shape index (κ3) is 1.83. The predicted octanol–water partition coefficient (Wildman–Crippen LogP) is 3.31. The average molecular weight is 227 g/mol. The number of nitrogens with zero attached hydrogens (tertiary/aromatic N) is 1. The summed E-state index contributed by atoms with van der Waals surface area (Å²) in [7, 11) is 0. The van der Waals surface area contributed by atoms with Gasteiger partial charge in [-0.15, -0.1) is 0 Å². The van der Waals surface area contributed by atoms with E-state index < -0.39 is 0 Å². The Bertz CT molecular complexity index is 562. The summed E-state index contributed by atoms with van der Waals surface area (Å²) < 4.78 is 0. The van der Waals surface area contributed by atoms with E-state index in [1.807, 2.05) is 30.3 Å². The molecule has 17 heavy (non-hydrogen) atoms. The Balaban J connectivity index is 1.96. The van der Waals surface area contributed by atoms with Gasteiger partial charge in [0.15, 0.2) is 0 Å². The van der Waals surface area contributed by atoms with Crippen molar-refractivity contribution in [2.45, 2.75) is 26.4 Å². The molecule has 1 aromatic carbocycles. The number of fused-ring (bicyclic) bond motifs is 1. The molecule has 2 aromatic rings. The first kappa shape index (κ1) is 10.7. The number of aliphatic hydroxyl groups excluding tert-OH is 1. The Labute approximate surface area is 101 Å². The average Bonchev–Trinajstić information content (AvgIpc) is 2.97. The van der Waals surface area contributed by atoms with Gasteiger partial charge in [-0.3, -0.25) is 4.98 Å². The zero-order valence-corrected chi connectivity index (χ0v) is 10.2. The molecule has 2 heteroatoms. The lowest BCUT2D eigenvalue weighted by Crippen LogP contribution is -2.04. The van der Waals surface area contributed by atoms with E-state index in [4.69, 9.17) is 0 Å². The van der Waals surface area contributed by atoms with Gasteiger partial charge < -0.3 is 5.11 Å². The van der Waals surface area contributed by atoms with Crippen LogP contribution in [-0.4, -0.2) is 10.1 Å². The molecule has 1 fully saturated rings. The van der Waals surface area contributed by atoms with E-state index in [0.717, 1.165) is 22.9 Å². The zero-order chi connectivity index (χ0) is 12.0. The summed E-state index contributed by atoms with van der Waals surface area (Å²) in [6.45, 7) is 4.42. The Hall–Kier alpha value is -1.41. The van der Waals surface area contributed by atoms with Gasteiger partial charge in [0.1, 0.15) is 0 Å². The molecule has 1 N–H and O–H groups in total. The van der Waals surface area contributed by atoms with E-state index in [2.05, 4.69) is 18.8 Å². The monoisotopic (exact) mass is 227 g/mol. The third-order valence-corrected chi connectivity index (χ3v) is 3.94. The van der Waals surface area contributed by atoms with Gasteiger partial charge in [-0.1, -0.05) is 32.0 Å². The van der Waals surface area contributed by atoms with Crippen molar-refractivity contribution < 1.29 is 5.11 Å². The molecular weight excluding hydrogens is 210 g/mol. The van der Waals surface area contributed by atoms with Crippen molar-refractivity contribution >= 4 is 10.9 Å². The molecule has 3 rings (SSSR count). The Morgan fingerprint density at radius 3 is 2.82 bits per heavy atom. The van der Waals surface area contributed by atoms with E-state index in [1.165, 1.54) is 0 Å². The molecule has 2 atom stereocenters. The van der Waals surface area contributed by atoms with Crippen LogP contribution >= 0.6 is 0 Å². The maximum Gasteiger partial charge on any atom is 0.0824 e. The lowest BCUT2D eigenvalue weighted by atomic mass is 9.98. The summed E-state index contributed by atoms with van der Waals surface area (Å²) >= 11 is 0. The molecule has 0 saturated heterocycles.